The number of rotatable bonds is 10. The lowest BCUT2D eigenvalue weighted by Crippen LogP contribution is -2.24. The van der Waals surface area contributed by atoms with Gasteiger partial charge in [0, 0.05) is 55.7 Å². The molecular weight excluding hydrogens is 452 g/mol. The van der Waals surface area contributed by atoms with Crippen LogP contribution in [0.15, 0.2) is 73.1 Å². The molecule has 8 nitrogen and oxygen atoms in total. The minimum absolute atomic E-state index is 0.0623. The number of hydrogen-bond acceptors (Lipinski definition) is 5. The molecule has 0 saturated carbocycles. The highest BCUT2D eigenvalue weighted by atomic mass is 16.5. The summed E-state index contributed by atoms with van der Waals surface area (Å²) < 4.78 is 9.55. The standard InChI is InChI=1S/C28H30N6O2/c1-36-19-14-24-32-25-26(22-8-2-3-9-23(22)31-27(25)29)34(24)18-5-4-15-30-28(35)20-10-12-21(13-11-20)33-16-6-7-17-33/h2-3,6-13,16-17H,4-5,14-15,18-19H2,1H3,(H2,29,31)(H,30,35). The molecular formula is C28H30N6O2. The van der Waals surface area contributed by atoms with Crippen LogP contribution in [-0.2, 0) is 17.7 Å². The molecule has 3 heterocycles. The molecule has 0 radical (unpaired) electrons. The van der Waals surface area contributed by atoms with Crippen molar-refractivity contribution in [2.75, 3.05) is 26.0 Å². The lowest BCUT2D eigenvalue weighted by atomic mass is 10.1. The van der Waals surface area contributed by atoms with E-state index in [9.17, 15) is 4.79 Å². The predicted octanol–water partition coefficient (Wildman–Crippen LogP) is 4.36. The van der Waals surface area contributed by atoms with Crippen LogP contribution >= 0.6 is 0 Å². The zero-order chi connectivity index (χ0) is 24.9. The molecule has 0 fully saturated rings. The summed E-state index contributed by atoms with van der Waals surface area (Å²) in [6, 6.07) is 19.6. The second-order valence-corrected chi connectivity index (χ2v) is 8.73. The maximum absolute atomic E-state index is 12.6. The number of para-hydroxylation sites is 1. The molecule has 0 aliphatic carbocycles. The van der Waals surface area contributed by atoms with Gasteiger partial charge in [0.25, 0.3) is 5.91 Å². The van der Waals surface area contributed by atoms with Gasteiger partial charge in [-0.2, -0.15) is 0 Å². The van der Waals surface area contributed by atoms with Crippen LogP contribution in [0, 0.1) is 0 Å². The Hall–Kier alpha value is -4.17. The van der Waals surface area contributed by atoms with E-state index < -0.39 is 0 Å². The zero-order valence-corrected chi connectivity index (χ0v) is 20.4. The molecule has 3 aromatic heterocycles. The first-order valence-corrected chi connectivity index (χ1v) is 12.2. The second kappa shape index (κ2) is 10.6. The minimum atomic E-state index is -0.0623. The molecule has 0 saturated heterocycles. The number of nitrogen functional groups attached to an aromatic ring is 1. The molecule has 0 spiro atoms. The monoisotopic (exact) mass is 482 g/mol. The summed E-state index contributed by atoms with van der Waals surface area (Å²) >= 11 is 0. The van der Waals surface area contributed by atoms with E-state index >= 15 is 0 Å². The predicted molar refractivity (Wildman–Crippen MR) is 142 cm³/mol. The first kappa shape index (κ1) is 23.6. The van der Waals surface area contributed by atoms with Gasteiger partial charge in [-0.05, 0) is 55.3 Å². The number of unbranched alkanes of at least 4 members (excludes halogenated alkanes) is 1. The van der Waals surface area contributed by atoms with Gasteiger partial charge in [-0.25, -0.2) is 9.97 Å². The highest BCUT2D eigenvalue weighted by molar-refractivity contribution is 6.06. The second-order valence-electron chi connectivity index (χ2n) is 8.73. The van der Waals surface area contributed by atoms with Crippen LogP contribution in [0.2, 0.25) is 0 Å². The van der Waals surface area contributed by atoms with E-state index in [-0.39, 0.29) is 5.91 Å². The minimum Gasteiger partial charge on any atom is -0.384 e. The van der Waals surface area contributed by atoms with Crippen LogP contribution in [0.25, 0.3) is 27.6 Å². The van der Waals surface area contributed by atoms with Crippen LogP contribution in [0.1, 0.15) is 29.0 Å². The van der Waals surface area contributed by atoms with Crippen molar-refractivity contribution in [3.05, 3.63) is 84.4 Å². The number of nitrogens with two attached hydrogens (primary N) is 1. The molecule has 5 rings (SSSR count). The van der Waals surface area contributed by atoms with E-state index in [0.29, 0.717) is 31.0 Å². The third-order valence-electron chi connectivity index (χ3n) is 6.35. The first-order chi connectivity index (χ1) is 17.7. The number of aryl methyl sites for hydroxylation is 1. The molecule has 8 heteroatoms. The number of pyridine rings is 1. The number of methoxy groups -OCH3 is 1. The Morgan fingerprint density at radius 3 is 2.56 bits per heavy atom. The van der Waals surface area contributed by atoms with E-state index in [1.807, 2.05) is 71.6 Å². The first-order valence-electron chi connectivity index (χ1n) is 12.2. The van der Waals surface area contributed by atoms with E-state index in [0.717, 1.165) is 52.8 Å². The Kier molecular flexibility index (Phi) is 6.95. The average Bonchev–Trinajstić information content (AvgIpc) is 3.56. The lowest BCUT2D eigenvalue weighted by Gasteiger charge is -2.11. The summed E-state index contributed by atoms with van der Waals surface area (Å²) in [7, 11) is 1.69. The molecule has 184 valence electrons. The van der Waals surface area contributed by atoms with Gasteiger partial charge in [-0.3, -0.25) is 4.79 Å². The summed E-state index contributed by atoms with van der Waals surface area (Å²) in [4.78, 5) is 22.0. The maximum Gasteiger partial charge on any atom is 0.251 e. The normalized spacial score (nSPS) is 11.4. The van der Waals surface area contributed by atoms with Crippen LogP contribution in [0.3, 0.4) is 0 Å². The van der Waals surface area contributed by atoms with Gasteiger partial charge in [0.2, 0.25) is 0 Å². The van der Waals surface area contributed by atoms with Crippen molar-refractivity contribution in [2.24, 2.45) is 0 Å². The maximum atomic E-state index is 12.6. The van der Waals surface area contributed by atoms with Gasteiger partial charge in [0.1, 0.15) is 11.3 Å². The van der Waals surface area contributed by atoms with Crippen molar-refractivity contribution >= 4 is 33.7 Å². The number of nitrogens with zero attached hydrogens (tertiary/aromatic N) is 4. The van der Waals surface area contributed by atoms with Gasteiger partial charge in [-0.1, -0.05) is 18.2 Å². The number of amides is 1. The largest absolute Gasteiger partial charge is 0.384 e. The Morgan fingerprint density at radius 2 is 1.78 bits per heavy atom. The van der Waals surface area contributed by atoms with Crippen LogP contribution in [-0.4, -0.2) is 45.3 Å². The average molecular weight is 483 g/mol. The molecule has 0 bridgehead atoms. The molecule has 3 N–H and O–H groups in total. The summed E-state index contributed by atoms with van der Waals surface area (Å²) in [5, 5.41) is 4.07. The summed E-state index contributed by atoms with van der Waals surface area (Å²) in [6.45, 7) is 1.95. The molecule has 0 aliphatic heterocycles. The van der Waals surface area contributed by atoms with Gasteiger partial charge >= 0.3 is 0 Å². The number of ether oxygens (including phenoxy) is 1. The van der Waals surface area contributed by atoms with Crippen molar-refractivity contribution in [3.63, 3.8) is 0 Å². The summed E-state index contributed by atoms with van der Waals surface area (Å²) in [5.41, 5.74) is 10.5. The van der Waals surface area contributed by atoms with Crippen molar-refractivity contribution < 1.29 is 9.53 Å². The van der Waals surface area contributed by atoms with E-state index in [2.05, 4.69) is 20.9 Å². The van der Waals surface area contributed by atoms with E-state index in [1.54, 1.807) is 7.11 Å². The van der Waals surface area contributed by atoms with Gasteiger partial charge in [0.05, 0.1) is 17.6 Å². The van der Waals surface area contributed by atoms with Crippen LogP contribution < -0.4 is 11.1 Å². The van der Waals surface area contributed by atoms with Crippen LogP contribution in [0.5, 0.6) is 0 Å². The molecule has 0 unspecified atom stereocenters. The van der Waals surface area contributed by atoms with Crippen molar-refractivity contribution in [1.29, 1.82) is 0 Å². The van der Waals surface area contributed by atoms with Gasteiger partial charge in [-0.15, -0.1) is 0 Å². The number of imidazole rings is 1. The lowest BCUT2D eigenvalue weighted by molar-refractivity contribution is 0.0953. The number of nitrogens with one attached hydrogen (secondary N) is 1. The fourth-order valence-electron chi connectivity index (χ4n) is 4.52. The molecule has 0 aliphatic rings. The van der Waals surface area contributed by atoms with E-state index in [4.69, 9.17) is 15.5 Å². The Labute approximate surface area is 209 Å². The SMILES string of the molecule is COCCc1nc2c(N)nc3ccccc3c2n1CCCCNC(=O)c1ccc(-n2cccc2)cc1. The number of carbonyl (C=O) groups excluding carboxylic acids is 1. The Balaban J connectivity index is 1.24. The number of aromatic nitrogens is 4. The molecule has 2 aromatic carbocycles. The van der Waals surface area contributed by atoms with E-state index in [1.165, 1.54) is 0 Å². The van der Waals surface area contributed by atoms with Crippen LogP contribution in [0.4, 0.5) is 5.82 Å². The fourth-order valence-corrected chi connectivity index (χ4v) is 4.52. The molecule has 5 aromatic rings. The van der Waals surface area contributed by atoms with Crippen molar-refractivity contribution in [1.82, 2.24) is 24.4 Å². The molecule has 36 heavy (non-hydrogen) atoms. The number of carbonyl (C=O) groups is 1. The number of fused-ring (bicyclic) bond motifs is 3. The molecule has 0 atom stereocenters. The third-order valence-corrected chi connectivity index (χ3v) is 6.35. The molecule has 1 amide bonds. The summed E-state index contributed by atoms with van der Waals surface area (Å²) in [5.74, 6) is 1.31. The van der Waals surface area contributed by atoms with Crippen molar-refractivity contribution in [2.45, 2.75) is 25.8 Å². The number of anilines is 1. The number of benzene rings is 2. The Bertz CT molecular complexity index is 1470. The van der Waals surface area contributed by atoms with Crippen molar-refractivity contribution in [3.8, 4) is 5.69 Å². The Morgan fingerprint density at radius 1 is 1.00 bits per heavy atom. The quantitative estimate of drug-likeness (QED) is 0.288. The highest BCUT2D eigenvalue weighted by Crippen LogP contribution is 2.29. The van der Waals surface area contributed by atoms with Gasteiger partial charge in [0.15, 0.2) is 5.82 Å². The fraction of sp³-hybridized carbons (Fsp3) is 0.250. The summed E-state index contributed by atoms with van der Waals surface area (Å²) in [6.07, 6.45) is 6.37. The smallest absolute Gasteiger partial charge is 0.251 e. The third kappa shape index (κ3) is 4.81. The topological polar surface area (TPSA) is 100.0 Å². The number of hydrogen-bond donors (Lipinski definition) is 2. The van der Waals surface area contributed by atoms with Gasteiger partial charge < -0.3 is 24.9 Å². The highest BCUT2D eigenvalue weighted by Gasteiger charge is 2.17. The zero-order valence-electron chi connectivity index (χ0n) is 20.4.